The van der Waals surface area contributed by atoms with Gasteiger partial charge in [0.1, 0.15) is 40.5 Å². The van der Waals surface area contributed by atoms with Crippen molar-refractivity contribution in [3.05, 3.63) is 95.4 Å². The molecule has 0 bridgehead atoms. The van der Waals surface area contributed by atoms with Gasteiger partial charge in [0.2, 0.25) is 0 Å². The quantitative estimate of drug-likeness (QED) is 0.202. The summed E-state index contributed by atoms with van der Waals surface area (Å²) in [5.41, 5.74) is 9.60. The number of aryl methyl sites for hydroxylation is 1. The Labute approximate surface area is 244 Å². The monoisotopic (exact) mass is 568 g/mol. The van der Waals surface area contributed by atoms with Crippen molar-refractivity contribution in [3.8, 4) is 34.3 Å². The molecule has 0 atom stereocenters. The Morgan fingerprint density at radius 1 is 0.786 bits per heavy atom. The number of ether oxygens (including phenoxy) is 4. The molecule has 0 spiro atoms. The maximum Gasteiger partial charge on any atom is 0.139 e. The standard InChI is InChI=1S/C33H33FN4O4/c1-20-7-6-8-27(34)32(20)28-13-23-14-31(35)36-17-26(23)33(37-28)38(18-21-9-11-24(39-2)15-29(21)41-4)19-22-10-12-25(40-3)16-30(22)42-5/h6-17H,18-19H2,1-5H3,(H2,35,36). The Morgan fingerprint density at radius 3 is 1.95 bits per heavy atom. The van der Waals surface area contributed by atoms with E-state index >= 15 is 4.39 Å². The van der Waals surface area contributed by atoms with Crippen LogP contribution >= 0.6 is 0 Å². The fraction of sp³-hybridized carbons (Fsp3) is 0.212. The van der Waals surface area contributed by atoms with Gasteiger partial charge in [-0.3, -0.25) is 0 Å². The van der Waals surface area contributed by atoms with Crippen LogP contribution in [0.1, 0.15) is 16.7 Å². The van der Waals surface area contributed by atoms with Crippen LogP contribution in [0, 0.1) is 12.7 Å². The SMILES string of the molecule is COc1ccc(CN(Cc2ccc(OC)cc2OC)c2nc(-c3c(C)cccc3F)cc3cc(N)ncc23)c(OC)c1. The fourth-order valence-electron chi connectivity index (χ4n) is 5.06. The van der Waals surface area contributed by atoms with E-state index in [1.165, 1.54) is 6.07 Å². The normalized spacial score (nSPS) is 10.9. The first-order chi connectivity index (χ1) is 20.3. The molecule has 0 radical (unpaired) electrons. The molecule has 0 aliphatic rings. The minimum atomic E-state index is -0.352. The van der Waals surface area contributed by atoms with Gasteiger partial charge in [-0.05, 0) is 60.3 Å². The number of aromatic nitrogens is 2. The smallest absolute Gasteiger partial charge is 0.139 e. The number of halogens is 1. The summed E-state index contributed by atoms with van der Waals surface area (Å²) in [5.74, 6) is 3.29. The van der Waals surface area contributed by atoms with Gasteiger partial charge in [0, 0.05) is 53.5 Å². The second-order valence-corrected chi connectivity index (χ2v) is 9.80. The zero-order valence-corrected chi connectivity index (χ0v) is 24.3. The third-order valence-electron chi connectivity index (χ3n) is 7.21. The second-order valence-electron chi connectivity index (χ2n) is 9.80. The van der Waals surface area contributed by atoms with Crippen LogP contribution in [0.2, 0.25) is 0 Å². The molecule has 0 aliphatic carbocycles. The van der Waals surface area contributed by atoms with Crippen LogP contribution in [-0.4, -0.2) is 38.4 Å². The minimum absolute atomic E-state index is 0.352. The molecule has 216 valence electrons. The summed E-state index contributed by atoms with van der Waals surface area (Å²) in [4.78, 5) is 11.5. The van der Waals surface area contributed by atoms with E-state index in [9.17, 15) is 0 Å². The van der Waals surface area contributed by atoms with E-state index in [2.05, 4.69) is 9.88 Å². The molecule has 0 saturated carbocycles. The summed E-state index contributed by atoms with van der Waals surface area (Å²) in [5, 5.41) is 1.56. The number of rotatable bonds is 10. The number of benzene rings is 3. The highest BCUT2D eigenvalue weighted by atomic mass is 19.1. The van der Waals surface area contributed by atoms with Gasteiger partial charge >= 0.3 is 0 Å². The molecule has 0 amide bonds. The molecule has 2 N–H and O–H groups in total. The average Bonchev–Trinajstić information content (AvgIpc) is 3.00. The minimum Gasteiger partial charge on any atom is -0.497 e. The first-order valence-electron chi connectivity index (χ1n) is 13.3. The van der Waals surface area contributed by atoms with Crippen LogP contribution in [0.5, 0.6) is 23.0 Å². The molecular weight excluding hydrogens is 535 g/mol. The first-order valence-corrected chi connectivity index (χ1v) is 13.3. The van der Waals surface area contributed by atoms with Crippen LogP contribution < -0.4 is 29.6 Å². The summed E-state index contributed by atoms with van der Waals surface area (Å²) in [7, 11) is 6.47. The van der Waals surface area contributed by atoms with Crippen molar-refractivity contribution in [3.63, 3.8) is 0 Å². The number of nitrogens with zero attached hydrogens (tertiary/aromatic N) is 3. The van der Waals surface area contributed by atoms with Crippen LogP contribution in [-0.2, 0) is 13.1 Å². The highest BCUT2D eigenvalue weighted by Crippen LogP contribution is 2.37. The zero-order chi connectivity index (χ0) is 29.8. The number of fused-ring (bicyclic) bond motifs is 1. The van der Waals surface area contributed by atoms with Crippen molar-refractivity contribution < 1.29 is 23.3 Å². The van der Waals surface area contributed by atoms with Gasteiger partial charge < -0.3 is 29.6 Å². The lowest BCUT2D eigenvalue weighted by atomic mass is 10.0. The maximum absolute atomic E-state index is 15.2. The number of hydrogen-bond donors (Lipinski definition) is 1. The van der Waals surface area contributed by atoms with Crippen molar-refractivity contribution in [1.29, 1.82) is 0 Å². The fourth-order valence-corrected chi connectivity index (χ4v) is 5.06. The summed E-state index contributed by atoms with van der Waals surface area (Å²) < 4.78 is 37.5. The predicted octanol–water partition coefficient (Wildman–Crippen LogP) is 6.57. The second kappa shape index (κ2) is 12.2. The molecule has 2 heterocycles. The molecule has 5 aromatic rings. The van der Waals surface area contributed by atoms with Gasteiger partial charge in [-0.1, -0.05) is 12.1 Å². The average molecular weight is 569 g/mol. The van der Waals surface area contributed by atoms with Gasteiger partial charge in [0.15, 0.2) is 0 Å². The molecule has 0 aliphatic heterocycles. The molecule has 2 aromatic heterocycles. The predicted molar refractivity (Wildman–Crippen MR) is 163 cm³/mol. The lowest BCUT2D eigenvalue weighted by Gasteiger charge is -2.28. The van der Waals surface area contributed by atoms with Crippen molar-refractivity contribution in [1.82, 2.24) is 9.97 Å². The summed E-state index contributed by atoms with van der Waals surface area (Å²) in [6, 6.07) is 20.0. The Hall–Kier alpha value is -5.05. The summed E-state index contributed by atoms with van der Waals surface area (Å²) >= 11 is 0. The lowest BCUT2D eigenvalue weighted by molar-refractivity contribution is 0.389. The van der Waals surface area contributed by atoms with Gasteiger partial charge in [0.25, 0.3) is 0 Å². The molecule has 42 heavy (non-hydrogen) atoms. The lowest BCUT2D eigenvalue weighted by Crippen LogP contribution is -2.24. The van der Waals surface area contributed by atoms with Crippen molar-refractivity contribution in [2.75, 3.05) is 39.1 Å². The number of methoxy groups -OCH3 is 4. The van der Waals surface area contributed by atoms with Crippen LogP contribution in [0.25, 0.3) is 22.0 Å². The summed E-state index contributed by atoms with van der Waals surface area (Å²) in [6.07, 6.45) is 1.70. The number of pyridine rings is 2. The molecular formula is C33H33FN4O4. The van der Waals surface area contributed by atoms with E-state index in [1.807, 2.05) is 55.5 Å². The van der Waals surface area contributed by atoms with Crippen molar-refractivity contribution >= 4 is 22.4 Å². The van der Waals surface area contributed by atoms with Gasteiger partial charge in [-0.15, -0.1) is 0 Å². The van der Waals surface area contributed by atoms with Gasteiger partial charge in [-0.2, -0.15) is 0 Å². The number of nitrogen functional groups attached to an aromatic ring is 1. The van der Waals surface area contributed by atoms with E-state index < -0.39 is 0 Å². The Kier molecular flexibility index (Phi) is 8.28. The van der Waals surface area contributed by atoms with E-state index in [0.29, 0.717) is 59.0 Å². The Morgan fingerprint density at radius 2 is 1.40 bits per heavy atom. The van der Waals surface area contributed by atoms with E-state index in [1.54, 1.807) is 46.8 Å². The van der Waals surface area contributed by atoms with E-state index in [0.717, 1.165) is 27.5 Å². The van der Waals surface area contributed by atoms with Crippen molar-refractivity contribution in [2.24, 2.45) is 0 Å². The molecule has 8 nitrogen and oxygen atoms in total. The molecule has 9 heteroatoms. The van der Waals surface area contributed by atoms with Gasteiger partial charge in [0.05, 0.1) is 34.1 Å². The molecule has 0 fully saturated rings. The van der Waals surface area contributed by atoms with Crippen LogP contribution in [0.4, 0.5) is 16.0 Å². The van der Waals surface area contributed by atoms with E-state index in [-0.39, 0.29) is 5.82 Å². The molecule has 5 rings (SSSR count). The van der Waals surface area contributed by atoms with Crippen LogP contribution in [0.3, 0.4) is 0 Å². The first kappa shape index (κ1) is 28.5. The third kappa shape index (κ3) is 5.72. The number of hydrogen-bond acceptors (Lipinski definition) is 8. The highest BCUT2D eigenvalue weighted by Gasteiger charge is 2.21. The Bertz CT molecular complexity index is 1670. The number of anilines is 2. The highest BCUT2D eigenvalue weighted by molar-refractivity contribution is 5.95. The summed E-state index contributed by atoms with van der Waals surface area (Å²) in [6.45, 7) is 2.66. The largest absolute Gasteiger partial charge is 0.497 e. The molecule has 3 aromatic carbocycles. The third-order valence-corrected chi connectivity index (χ3v) is 7.21. The molecule has 0 saturated heterocycles. The van der Waals surface area contributed by atoms with E-state index in [4.69, 9.17) is 29.7 Å². The number of nitrogens with two attached hydrogens (primary N) is 1. The maximum atomic E-state index is 15.2. The zero-order valence-electron chi connectivity index (χ0n) is 24.3. The Balaban J connectivity index is 1.74. The van der Waals surface area contributed by atoms with Crippen molar-refractivity contribution in [2.45, 2.75) is 20.0 Å². The molecule has 0 unspecified atom stereocenters. The topological polar surface area (TPSA) is 92.0 Å². The van der Waals surface area contributed by atoms with Gasteiger partial charge in [-0.25, -0.2) is 14.4 Å². The van der Waals surface area contributed by atoms with Crippen LogP contribution in [0.15, 0.2) is 72.9 Å².